The van der Waals surface area contributed by atoms with E-state index in [4.69, 9.17) is 0 Å². The molecule has 5 nitrogen and oxygen atoms in total. The fraction of sp³-hybridized carbons (Fsp3) is 0.667. The maximum atomic E-state index is 12.5. The van der Waals surface area contributed by atoms with Gasteiger partial charge in [-0.25, -0.2) is 9.78 Å². The van der Waals surface area contributed by atoms with Gasteiger partial charge in [0.25, 0.3) is 0 Å². The predicted molar refractivity (Wildman–Crippen MR) is 79.1 cm³/mol. The average Bonchev–Trinajstić information content (AvgIpc) is 3.11. The van der Waals surface area contributed by atoms with E-state index in [-0.39, 0.29) is 11.9 Å². The molecule has 1 aromatic heterocycles. The maximum absolute atomic E-state index is 12.5. The Morgan fingerprint density at radius 2 is 2.19 bits per heavy atom. The highest BCUT2D eigenvalue weighted by Gasteiger charge is 2.47. The Hall–Kier alpha value is -1.43. The fourth-order valence-corrected chi connectivity index (χ4v) is 4.36. The molecule has 2 aliphatic rings. The summed E-state index contributed by atoms with van der Waals surface area (Å²) in [5.74, 6) is -0.501. The molecule has 0 unspecified atom stereocenters. The standard InChI is InChI=1S/C15H20N2O3S/c18-14(6-5-11-8-21-9-16-11)17-12-4-2-1-3-10(12)7-13(17)15(19)20/h8-10,12-13H,1-7H2,(H,19,20)/t10-,12+,13+/m1/s1. The van der Waals surface area contributed by atoms with Crippen LogP contribution in [0.25, 0.3) is 0 Å². The average molecular weight is 308 g/mol. The van der Waals surface area contributed by atoms with E-state index < -0.39 is 12.0 Å². The molecule has 1 aliphatic carbocycles. The minimum Gasteiger partial charge on any atom is -0.480 e. The van der Waals surface area contributed by atoms with Crippen LogP contribution < -0.4 is 0 Å². The number of fused-ring (bicyclic) bond motifs is 1. The van der Waals surface area contributed by atoms with Gasteiger partial charge in [-0.05, 0) is 31.6 Å². The number of aliphatic carboxylic acids is 1. The van der Waals surface area contributed by atoms with E-state index in [0.29, 0.717) is 25.2 Å². The molecule has 21 heavy (non-hydrogen) atoms. The third-order valence-electron chi connectivity index (χ3n) is 4.74. The Kier molecular flexibility index (Phi) is 4.24. The molecule has 0 radical (unpaired) electrons. The lowest BCUT2D eigenvalue weighted by atomic mass is 9.84. The van der Waals surface area contributed by atoms with E-state index in [9.17, 15) is 14.7 Å². The van der Waals surface area contributed by atoms with Gasteiger partial charge >= 0.3 is 5.97 Å². The summed E-state index contributed by atoms with van der Waals surface area (Å²) in [7, 11) is 0. The van der Waals surface area contributed by atoms with Gasteiger partial charge in [-0.3, -0.25) is 4.79 Å². The number of nitrogens with zero attached hydrogens (tertiary/aromatic N) is 2. The third-order valence-corrected chi connectivity index (χ3v) is 5.37. The summed E-state index contributed by atoms with van der Waals surface area (Å²) in [6.45, 7) is 0. The monoisotopic (exact) mass is 308 g/mol. The fourth-order valence-electron chi connectivity index (χ4n) is 3.76. The minimum atomic E-state index is -0.855. The Balaban J connectivity index is 1.70. The number of carboxylic acid groups (broad SMARTS) is 1. The lowest BCUT2D eigenvalue weighted by molar-refractivity contribution is -0.149. The van der Waals surface area contributed by atoms with Gasteiger partial charge in [0.15, 0.2) is 0 Å². The summed E-state index contributed by atoms with van der Waals surface area (Å²) in [6.07, 6.45) is 5.86. The van der Waals surface area contributed by atoms with Crippen molar-refractivity contribution in [3.63, 3.8) is 0 Å². The van der Waals surface area contributed by atoms with Gasteiger partial charge in [-0.2, -0.15) is 0 Å². The van der Waals surface area contributed by atoms with Crippen molar-refractivity contribution in [1.82, 2.24) is 9.88 Å². The van der Waals surface area contributed by atoms with Crippen LogP contribution in [-0.2, 0) is 16.0 Å². The summed E-state index contributed by atoms with van der Waals surface area (Å²) < 4.78 is 0. The van der Waals surface area contributed by atoms with Crippen molar-refractivity contribution in [3.05, 3.63) is 16.6 Å². The summed E-state index contributed by atoms with van der Waals surface area (Å²) in [6, 6.07) is -0.483. The molecular weight excluding hydrogens is 288 g/mol. The van der Waals surface area contributed by atoms with Crippen molar-refractivity contribution in [2.45, 2.75) is 57.0 Å². The first-order valence-electron chi connectivity index (χ1n) is 7.58. The van der Waals surface area contributed by atoms with E-state index in [2.05, 4.69) is 4.98 Å². The second-order valence-corrected chi connectivity index (χ2v) is 6.70. The second-order valence-electron chi connectivity index (χ2n) is 5.98. The van der Waals surface area contributed by atoms with E-state index in [1.165, 1.54) is 11.3 Å². The van der Waals surface area contributed by atoms with E-state index in [1.54, 1.807) is 10.4 Å². The molecule has 1 saturated carbocycles. The van der Waals surface area contributed by atoms with Crippen molar-refractivity contribution in [1.29, 1.82) is 0 Å². The van der Waals surface area contributed by atoms with Crippen LogP contribution in [0.15, 0.2) is 10.9 Å². The summed E-state index contributed by atoms with van der Waals surface area (Å²) in [4.78, 5) is 29.9. The van der Waals surface area contributed by atoms with Gasteiger partial charge in [0.2, 0.25) is 5.91 Å². The van der Waals surface area contributed by atoms with Crippen molar-refractivity contribution in [2.24, 2.45) is 5.92 Å². The molecule has 1 aliphatic heterocycles. The van der Waals surface area contributed by atoms with Crippen LogP contribution in [0.2, 0.25) is 0 Å². The van der Waals surface area contributed by atoms with Gasteiger partial charge in [-0.1, -0.05) is 12.8 Å². The van der Waals surface area contributed by atoms with Crippen LogP contribution >= 0.6 is 11.3 Å². The molecule has 114 valence electrons. The van der Waals surface area contributed by atoms with Crippen molar-refractivity contribution in [2.75, 3.05) is 0 Å². The van der Waals surface area contributed by atoms with Gasteiger partial charge in [-0.15, -0.1) is 11.3 Å². The number of likely N-dealkylation sites (tertiary alicyclic amines) is 1. The normalized spacial score (nSPS) is 28.4. The van der Waals surface area contributed by atoms with Gasteiger partial charge in [0, 0.05) is 17.8 Å². The van der Waals surface area contributed by atoms with E-state index in [0.717, 1.165) is 31.4 Å². The first kappa shape index (κ1) is 14.5. The first-order chi connectivity index (χ1) is 10.2. The van der Waals surface area contributed by atoms with E-state index in [1.807, 2.05) is 5.38 Å². The zero-order chi connectivity index (χ0) is 14.8. The molecule has 3 atom stereocenters. The van der Waals surface area contributed by atoms with Crippen LogP contribution in [0.5, 0.6) is 0 Å². The molecule has 1 saturated heterocycles. The molecule has 1 aromatic rings. The molecule has 2 fully saturated rings. The highest BCUT2D eigenvalue weighted by atomic mass is 32.1. The Morgan fingerprint density at radius 1 is 1.38 bits per heavy atom. The Labute approximate surface area is 128 Å². The number of carboxylic acids is 1. The molecular formula is C15H20N2O3S. The van der Waals surface area contributed by atoms with Crippen molar-refractivity contribution < 1.29 is 14.7 Å². The number of aryl methyl sites for hydroxylation is 1. The smallest absolute Gasteiger partial charge is 0.326 e. The van der Waals surface area contributed by atoms with Gasteiger partial charge < -0.3 is 10.0 Å². The minimum absolute atomic E-state index is 0.0233. The number of thiazole rings is 1. The third kappa shape index (κ3) is 2.95. The predicted octanol–water partition coefficient (Wildman–Crippen LogP) is 2.32. The van der Waals surface area contributed by atoms with Crippen LogP contribution in [0.4, 0.5) is 0 Å². The van der Waals surface area contributed by atoms with Gasteiger partial charge in [0.05, 0.1) is 11.2 Å². The molecule has 1 N–H and O–H groups in total. The van der Waals surface area contributed by atoms with E-state index >= 15 is 0 Å². The zero-order valence-corrected chi connectivity index (χ0v) is 12.7. The summed E-state index contributed by atoms with van der Waals surface area (Å²) in [5.41, 5.74) is 2.67. The zero-order valence-electron chi connectivity index (χ0n) is 11.9. The number of carbonyl (C=O) groups excluding carboxylic acids is 1. The SMILES string of the molecule is O=C(O)[C@@H]1C[C@H]2CCCC[C@@H]2N1C(=O)CCc1cscn1. The van der Waals surface area contributed by atoms with Crippen LogP contribution in [0.1, 0.15) is 44.2 Å². The maximum Gasteiger partial charge on any atom is 0.326 e. The number of aromatic nitrogens is 1. The molecule has 6 heteroatoms. The quantitative estimate of drug-likeness (QED) is 0.926. The highest BCUT2D eigenvalue weighted by Crippen LogP contribution is 2.40. The highest BCUT2D eigenvalue weighted by molar-refractivity contribution is 7.07. The summed E-state index contributed by atoms with van der Waals surface area (Å²) >= 11 is 1.52. The summed E-state index contributed by atoms with van der Waals surface area (Å²) in [5, 5.41) is 11.4. The van der Waals surface area contributed by atoms with Crippen LogP contribution in [0.3, 0.4) is 0 Å². The Bertz CT molecular complexity index is 517. The molecule has 0 aromatic carbocycles. The van der Waals surface area contributed by atoms with Crippen molar-refractivity contribution >= 4 is 23.2 Å². The lowest BCUT2D eigenvalue weighted by Gasteiger charge is -2.33. The van der Waals surface area contributed by atoms with Crippen molar-refractivity contribution in [3.8, 4) is 0 Å². The molecule has 3 rings (SSSR count). The number of hydrogen-bond donors (Lipinski definition) is 1. The topological polar surface area (TPSA) is 70.5 Å². The Morgan fingerprint density at radius 3 is 2.90 bits per heavy atom. The molecule has 2 heterocycles. The lowest BCUT2D eigenvalue weighted by Crippen LogP contribution is -2.46. The number of hydrogen-bond acceptors (Lipinski definition) is 4. The number of carbonyl (C=O) groups is 2. The van der Waals surface area contributed by atoms with Gasteiger partial charge in [0.1, 0.15) is 6.04 Å². The second kappa shape index (κ2) is 6.13. The molecule has 0 spiro atoms. The number of amides is 1. The number of rotatable bonds is 4. The largest absolute Gasteiger partial charge is 0.480 e. The molecule has 1 amide bonds. The van der Waals surface area contributed by atoms with Crippen LogP contribution in [-0.4, -0.2) is 39.0 Å². The van der Waals surface area contributed by atoms with Crippen LogP contribution in [0, 0.1) is 5.92 Å². The first-order valence-corrected chi connectivity index (χ1v) is 8.52. The molecule has 0 bridgehead atoms.